The van der Waals surface area contributed by atoms with Crippen LogP contribution in [-0.2, 0) is 14.3 Å². The van der Waals surface area contributed by atoms with Gasteiger partial charge in [0.25, 0.3) is 0 Å². The maximum atomic E-state index is 11.8. The summed E-state index contributed by atoms with van der Waals surface area (Å²) in [5.41, 5.74) is -0.316. The molecule has 2 saturated carbocycles. The maximum absolute atomic E-state index is 11.8. The van der Waals surface area contributed by atoms with E-state index >= 15 is 0 Å². The Morgan fingerprint density at radius 1 is 1.40 bits per heavy atom. The van der Waals surface area contributed by atoms with Crippen molar-refractivity contribution in [3.05, 3.63) is 12.2 Å². The van der Waals surface area contributed by atoms with Crippen LogP contribution < -0.4 is 0 Å². The van der Waals surface area contributed by atoms with Crippen LogP contribution in [0.3, 0.4) is 0 Å². The van der Waals surface area contributed by atoms with E-state index in [0.29, 0.717) is 19.3 Å². The monoisotopic (exact) mass is 280 g/mol. The van der Waals surface area contributed by atoms with E-state index in [0.717, 1.165) is 6.29 Å². The second-order valence-corrected chi connectivity index (χ2v) is 6.62. The number of hydrogen-bond acceptors (Lipinski definition) is 5. The molecule has 3 aliphatic rings. The van der Waals surface area contributed by atoms with E-state index in [2.05, 4.69) is 6.58 Å². The van der Waals surface area contributed by atoms with Gasteiger partial charge in [-0.2, -0.15) is 0 Å². The zero-order valence-corrected chi connectivity index (χ0v) is 11.5. The molecule has 1 aliphatic heterocycles. The number of esters is 1. The van der Waals surface area contributed by atoms with E-state index in [1.165, 1.54) is 0 Å². The first kappa shape index (κ1) is 13.8. The topological polar surface area (TPSA) is 83.8 Å². The molecule has 7 atom stereocenters. The van der Waals surface area contributed by atoms with Gasteiger partial charge in [0.2, 0.25) is 0 Å². The number of aliphatic hydroxyl groups excluding tert-OH is 2. The number of hydrogen-bond donors (Lipinski definition) is 2. The van der Waals surface area contributed by atoms with Gasteiger partial charge in [-0.15, -0.1) is 0 Å². The van der Waals surface area contributed by atoms with E-state index in [9.17, 15) is 19.8 Å². The number of carbonyl (C=O) groups excluding carboxylic acids is 2. The van der Waals surface area contributed by atoms with E-state index in [1.54, 1.807) is 0 Å². The first-order chi connectivity index (χ1) is 9.40. The second-order valence-electron chi connectivity index (χ2n) is 6.62. The van der Waals surface area contributed by atoms with E-state index in [1.807, 2.05) is 6.92 Å². The van der Waals surface area contributed by atoms with Crippen LogP contribution in [0.5, 0.6) is 0 Å². The summed E-state index contributed by atoms with van der Waals surface area (Å²) in [6.45, 7) is 5.60. The Labute approximate surface area is 117 Å². The molecule has 1 saturated heterocycles. The van der Waals surface area contributed by atoms with E-state index < -0.39 is 35.6 Å². The molecule has 5 nitrogen and oxygen atoms in total. The molecule has 0 unspecified atom stereocenters. The van der Waals surface area contributed by atoms with Crippen molar-refractivity contribution in [1.82, 2.24) is 0 Å². The molecule has 0 spiro atoms. The smallest absolute Gasteiger partial charge is 0.334 e. The summed E-state index contributed by atoms with van der Waals surface area (Å²) in [6, 6.07) is 0. The second kappa shape index (κ2) is 4.40. The van der Waals surface area contributed by atoms with Crippen LogP contribution in [0.1, 0.15) is 26.2 Å². The molecular weight excluding hydrogens is 260 g/mol. The number of fused-ring (bicyclic) bond motifs is 3. The van der Waals surface area contributed by atoms with Gasteiger partial charge in [-0.25, -0.2) is 4.79 Å². The predicted octanol–water partition coefficient (Wildman–Crippen LogP) is 0.441. The fourth-order valence-corrected chi connectivity index (χ4v) is 4.55. The minimum atomic E-state index is -0.764. The molecule has 0 amide bonds. The summed E-state index contributed by atoms with van der Waals surface area (Å²) in [5, 5.41) is 20.7. The van der Waals surface area contributed by atoms with Gasteiger partial charge in [0.1, 0.15) is 12.4 Å². The summed E-state index contributed by atoms with van der Waals surface area (Å²) < 4.78 is 5.39. The van der Waals surface area contributed by atoms with Gasteiger partial charge >= 0.3 is 5.97 Å². The van der Waals surface area contributed by atoms with E-state index in [4.69, 9.17) is 4.74 Å². The molecule has 0 aromatic rings. The van der Waals surface area contributed by atoms with Crippen LogP contribution in [-0.4, -0.2) is 40.8 Å². The lowest BCUT2D eigenvalue weighted by atomic mass is 9.52. The third kappa shape index (κ3) is 1.63. The lowest BCUT2D eigenvalue weighted by Gasteiger charge is -2.55. The van der Waals surface area contributed by atoms with Crippen molar-refractivity contribution in [2.24, 2.45) is 23.2 Å². The largest absolute Gasteiger partial charge is 0.458 e. The molecule has 0 radical (unpaired) electrons. The summed E-state index contributed by atoms with van der Waals surface area (Å²) >= 11 is 0. The van der Waals surface area contributed by atoms with Crippen LogP contribution in [0.4, 0.5) is 0 Å². The highest BCUT2D eigenvalue weighted by molar-refractivity contribution is 5.91. The summed E-state index contributed by atoms with van der Waals surface area (Å²) in [6.07, 6.45) is 0.489. The van der Waals surface area contributed by atoms with Crippen LogP contribution in [0.15, 0.2) is 12.2 Å². The quantitative estimate of drug-likeness (QED) is 0.414. The highest BCUT2D eigenvalue weighted by atomic mass is 16.6. The molecule has 0 aromatic carbocycles. The average molecular weight is 280 g/mol. The summed E-state index contributed by atoms with van der Waals surface area (Å²) in [7, 11) is 0. The number of ether oxygens (including phenoxy) is 1. The average Bonchev–Trinajstić information content (AvgIpc) is 2.68. The maximum Gasteiger partial charge on any atom is 0.334 e. The highest BCUT2D eigenvalue weighted by Crippen LogP contribution is 2.57. The van der Waals surface area contributed by atoms with Crippen molar-refractivity contribution in [2.45, 2.75) is 44.5 Å². The Bertz CT molecular complexity index is 473. The van der Waals surface area contributed by atoms with Crippen LogP contribution in [0.25, 0.3) is 0 Å². The number of aldehydes is 1. The van der Waals surface area contributed by atoms with Gasteiger partial charge < -0.3 is 19.7 Å². The molecular formula is C15H20O5. The van der Waals surface area contributed by atoms with Crippen molar-refractivity contribution in [2.75, 3.05) is 0 Å². The highest BCUT2D eigenvalue weighted by Gasteiger charge is 2.62. The molecule has 20 heavy (non-hydrogen) atoms. The first-order valence-corrected chi connectivity index (χ1v) is 7.11. The minimum absolute atomic E-state index is 0.248. The Morgan fingerprint density at radius 3 is 2.75 bits per heavy atom. The van der Waals surface area contributed by atoms with Gasteiger partial charge in [-0.3, -0.25) is 0 Å². The van der Waals surface area contributed by atoms with Gasteiger partial charge in [-0.05, 0) is 19.3 Å². The minimum Gasteiger partial charge on any atom is -0.458 e. The predicted molar refractivity (Wildman–Crippen MR) is 69.5 cm³/mol. The Hall–Kier alpha value is -1.20. The Morgan fingerprint density at radius 2 is 2.10 bits per heavy atom. The molecule has 0 aromatic heterocycles. The zero-order valence-electron chi connectivity index (χ0n) is 11.5. The summed E-state index contributed by atoms with van der Waals surface area (Å²) in [5.74, 6) is -1.44. The standard InChI is InChI=1S/C15H20O5/c1-7-11-9(17)5-15(2)10(18)4-3-8(6-16)12(15)13(11)20-14(7)19/h6,8-13,17-18H,1,3-5H2,2H3/t8-,9-,10-,11+,12-,13-,15-/m0/s1. The van der Waals surface area contributed by atoms with Crippen LogP contribution >= 0.6 is 0 Å². The molecule has 0 bridgehead atoms. The molecule has 3 rings (SSSR count). The van der Waals surface area contributed by atoms with Gasteiger partial charge in [-0.1, -0.05) is 13.5 Å². The van der Waals surface area contributed by atoms with Crippen molar-refractivity contribution >= 4 is 12.3 Å². The lowest BCUT2D eigenvalue weighted by molar-refractivity contribution is -0.185. The van der Waals surface area contributed by atoms with Crippen molar-refractivity contribution in [1.29, 1.82) is 0 Å². The van der Waals surface area contributed by atoms with Crippen LogP contribution in [0, 0.1) is 23.2 Å². The molecule has 110 valence electrons. The number of carbonyl (C=O) groups is 2. The van der Waals surface area contributed by atoms with Gasteiger partial charge in [0.05, 0.1) is 18.1 Å². The SMILES string of the molecule is C=C1C(=O)O[C@H]2[C@H]1[C@@H](O)C[C@]1(C)[C@H]2[C@H](C=O)CC[C@@H]1O. The molecule has 2 N–H and O–H groups in total. The molecule has 3 fully saturated rings. The first-order valence-electron chi connectivity index (χ1n) is 7.11. The molecule has 5 heteroatoms. The third-order valence-electron chi connectivity index (χ3n) is 5.61. The normalized spacial score (nSPS) is 51.1. The molecule has 1 heterocycles. The Kier molecular flexibility index (Phi) is 3.03. The fraction of sp³-hybridized carbons (Fsp3) is 0.733. The number of aliphatic hydroxyl groups is 2. The van der Waals surface area contributed by atoms with Gasteiger partial charge in [0.15, 0.2) is 0 Å². The van der Waals surface area contributed by atoms with Gasteiger partial charge in [0, 0.05) is 22.8 Å². The molecule has 2 aliphatic carbocycles. The Balaban J connectivity index is 2.05. The van der Waals surface area contributed by atoms with E-state index in [-0.39, 0.29) is 17.4 Å². The lowest BCUT2D eigenvalue weighted by Crippen LogP contribution is -2.59. The van der Waals surface area contributed by atoms with Crippen molar-refractivity contribution in [3.8, 4) is 0 Å². The summed E-state index contributed by atoms with van der Waals surface area (Å²) in [4.78, 5) is 23.1. The zero-order chi connectivity index (χ0) is 14.7. The van der Waals surface area contributed by atoms with Crippen LogP contribution in [0.2, 0.25) is 0 Å². The van der Waals surface area contributed by atoms with Crippen molar-refractivity contribution in [3.63, 3.8) is 0 Å². The number of rotatable bonds is 1. The van der Waals surface area contributed by atoms with Crippen molar-refractivity contribution < 1.29 is 24.5 Å². The fourth-order valence-electron chi connectivity index (χ4n) is 4.55. The third-order valence-corrected chi connectivity index (χ3v) is 5.61.